The van der Waals surface area contributed by atoms with Gasteiger partial charge >= 0.3 is 0 Å². The second kappa shape index (κ2) is 6.26. The van der Waals surface area contributed by atoms with Crippen LogP contribution in [0, 0.1) is 0 Å². The maximum Gasteiger partial charge on any atom is 0.264 e. The molecule has 2 amide bonds. The summed E-state index contributed by atoms with van der Waals surface area (Å²) in [5.74, 6) is 0.332. The SMILES string of the molecule is CC(Oc1ccc(Br)cc1)C(=O)N1CCNC(=O)C1C. The minimum atomic E-state index is -0.621. The molecule has 20 heavy (non-hydrogen) atoms. The number of hydrogen-bond acceptors (Lipinski definition) is 3. The Kier molecular flexibility index (Phi) is 4.65. The first-order valence-corrected chi connectivity index (χ1v) is 7.29. The fourth-order valence-electron chi connectivity index (χ4n) is 2.08. The van der Waals surface area contributed by atoms with E-state index in [1.165, 1.54) is 0 Å². The van der Waals surface area contributed by atoms with Crippen LogP contribution in [-0.2, 0) is 9.59 Å². The second-order valence-corrected chi connectivity index (χ2v) is 5.63. The average Bonchev–Trinajstić information content (AvgIpc) is 2.43. The number of rotatable bonds is 3. The molecule has 0 aromatic heterocycles. The van der Waals surface area contributed by atoms with Crippen molar-refractivity contribution >= 4 is 27.7 Å². The third kappa shape index (κ3) is 3.30. The number of carbonyl (C=O) groups is 2. The molecule has 2 unspecified atom stereocenters. The molecule has 1 fully saturated rings. The molecule has 2 atom stereocenters. The van der Waals surface area contributed by atoms with Crippen molar-refractivity contribution in [2.45, 2.75) is 26.0 Å². The number of nitrogens with zero attached hydrogens (tertiary/aromatic N) is 1. The first kappa shape index (κ1) is 14.8. The standard InChI is InChI=1S/C14H17BrN2O3/c1-9-13(18)16-7-8-17(9)14(19)10(2)20-12-5-3-11(15)4-6-12/h3-6,9-10H,7-8H2,1-2H3,(H,16,18). The molecule has 0 bridgehead atoms. The molecule has 1 saturated heterocycles. The summed E-state index contributed by atoms with van der Waals surface area (Å²) in [5, 5.41) is 2.73. The summed E-state index contributed by atoms with van der Waals surface area (Å²) >= 11 is 3.34. The van der Waals surface area contributed by atoms with E-state index in [0.29, 0.717) is 18.8 Å². The molecule has 1 aromatic rings. The van der Waals surface area contributed by atoms with E-state index < -0.39 is 12.1 Å². The van der Waals surface area contributed by atoms with E-state index in [9.17, 15) is 9.59 Å². The molecule has 1 aromatic carbocycles. The monoisotopic (exact) mass is 340 g/mol. The van der Waals surface area contributed by atoms with Gasteiger partial charge in [-0.25, -0.2) is 0 Å². The quantitative estimate of drug-likeness (QED) is 0.908. The Morgan fingerprint density at radius 3 is 2.75 bits per heavy atom. The zero-order chi connectivity index (χ0) is 14.7. The highest BCUT2D eigenvalue weighted by molar-refractivity contribution is 9.10. The fraction of sp³-hybridized carbons (Fsp3) is 0.429. The van der Waals surface area contributed by atoms with Gasteiger partial charge in [-0.1, -0.05) is 15.9 Å². The smallest absolute Gasteiger partial charge is 0.264 e. The number of benzene rings is 1. The van der Waals surface area contributed by atoms with E-state index in [-0.39, 0.29) is 11.8 Å². The van der Waals surface area contributed by atoms with E-state index in [1.54, 1.807) is 30.9 Å². The summed E-state index contributed by atoms with van der Waals surface area (Å²) in [7, 11) is 0. The molecule has 1 N–H and O–H groups in total. The van der Waals surface area contributed by atoms with Crippen LogP contribution in [0.25, 0.3) is 0 Å². The van der Waals surface area contributed by atoms with Crippen LogP contribution in [0.3, 0.4) is 0 Å². The van der Waals surface area contributed by atoms with E-state index >= 15 is 0 Å². The van der Waals surface area contributed by atoms with E-state index in [1.807, 2.05) is 12.1 Å². The van der Waals surface area contributed by atoms with Crippen LogP contribution in [0.4, 0.5) is 0 Å². The van der Waals surface area contributed by atoms with Gasteiger partial charge in [-0.2, -0.15) is 0 Å². The van der Waals surface area contributed by atoms with Crippen molar-refractivity contribution in [3.63, 3.8) is 0 Å². The maximum absolute atomic E-state index is 12.3. The van der Waals surface area contributed by atoms with Crippen LogP contribution < -0.4 is 10.1 Å². The maximum atomic E-state index is 12.3. The molecule has 1 aliphatic heterocycles. The highest BCUT2D eigenvalue weighted by atomic mass is 79.9. The normalized spacial score (nSPS) is 20.2. The number of halogens is 1. The lowest BCUT2D eigenvalue weighted by Gasteiger charge is -2.34. The molecular weight excluding hydrogens is 324 g/mol. The van der Waals surface area contributed by atoms with Crippen LogP contribution >= 0.6 is 15.9 Å². The lowest BCUT2D eigenvalue weighted by atomic mass is 10.2. The minimum Gasteiger partial charge on any atom is -0.481 e. The number of ether oxygens (including phenoxy) is 1. The first-order chi connectivity index (χ1) is 9.49. The number of piperazine rings is 1. The molecule has 0 aliphatic carbocycles. The Hall–Kier alpha value is -1.56. The summed E-state index contributed by atoms with van der Waals surface area (Å²) in [5.41, 5.74) is 0. The Labute approximate surface area is 126 Å². The van der Waals surface area contributed by atoms with Crippen LogP contribution in [-0.4, -0.2) is 41.9 Å². The van der Waals surface area contributed by atoms with Gasteiger partial charge in [-0.3, -0.25) is 9.59 Å². The van der Waals surface area contributed by atoms with Crippen molar-refractivity contribution in [2.75, 3.05) is 13.1 Å². The van der Waals surface area contributed by atoms with Gasteiger partial charge in [0.15, 0.2) is 6.10 Å². The Morgan fingerprint density at radius 2 is 2.10 bits per heavy atom. The highest BCUT2D eigenvalue weighted by Gasteiger charge is 2.32. The molecule has 5 nitrogen and oxygen atoms in total. The highest BCUT2D eigenvalue weighted by Crippen LogP contribution is 2.18. The summed E-state index contributed by atoms with van der Waals surface area (Å²) in [6.45, 7) is 4.42. The molecule has 1 aliphatic rings. The predicted octanol–water partition coefficient (Wildman–Crippen LogP) is 1.56. The molecule has 2 rings (SSSR count). The number of amides is 2. The minimum absolute atomic E-state index is 0.125. The molecule has 0 spiro atoms. The van der Waals surface area contributed by atoms with Gasteiger partial charge in [-0.05, 0) is 38.1 Å². The van der Waals surface area contributed by atoms with Crippen LogP contribution in [0.15, 0.2) is 28.7 Å². The Balaban J connectivity index is 2.01. The van der Waals surface area contributed by atoms with Crippen molar-refractivity contribution in [3.8, 4) is 5.75 Å². The summed E-state index contributed by atoms with van der Waals surface area (Å²) in [6.07, 6.45) is -0.621. The largest absolute Gasteiger partial charge is 0.481 e. The fourth-order valence-corrected chi connectivity index (χ4v) is 2.35. The van der Waals surface area contributed by atoms with Crippen molar-refractivity contribution in [1.29, 1.82) is 0 Å². The van der Waals surface area contributed by atoms with Crippen molar-refractivity contribution in [2.24, 2.45) is 0 Å². The van der Waals surface area contributed by atoms with E-state index in [2.05, 4.69) is 21.2 Å². The second-order valence-electron chi connectivity index (χ2n) is 4.71. The molecule has 108 valence electrons. The number of hydrogen-bond donors (Lipinski definition) is 1. The van der Waals surface area contributed by atoms with Gasteiger partial charge in [0.05, 0.1) is 0 Å². The molecule has 0 saturated carbocycles. The lowest BCUT2D eigenvalue weighted by Crippen LogP contribution is -2.58. The lowest BCUT2D eigenvalue weighted by molar-refractivity contribution is -0.147. The number of carbonyl (C=O) groups excluding carboxylic acids is 2. The zero-order valence-corrected chi connectivity index (χ0v) is 13.0. The molecule has 0 radical (unpaired) electrons. The molecule has 6 heteroatoms. The topological polar surface area (TPSA) is 58.6 Å². The zero-order valence-electron chi connectivity index (χ0n) is 11.4. The molecular formula is C14H17BrN2O3. The number of nitrogens with one attached hydrogen (secondary N) is 1. The summed E-state index contributed by atoms with van der Waals surface area (Å²) in [4.78, 5) is 25.5. The average molecular weight is 341 g/mol. The van der Waals surface area contributed by atoms with Gasteiger partial charge in [0.2, 0.25) is 5.91 Å². The molecule has 1 heterocycles. The van der Waals surface area contributed by atoms with Gasteiger partial charge in [0.25, 0.3) is 5.91 Å². The van der Waals surface area contributed by atoms with Crippen LogP contribution in [0.2, 0.25) is 0 Å². The third-order valence-electron chi connectivity index (χ3n) is 3.26. The van der Waals surface area contributed by atoms with Gasteiger partial charge in [0, 0.05) is 17.6 Å². The summed E-state index contributed by atoms with van der Waals surface area (Å²) < 4.78 is 6.57. The van der Waals surface area contributed by atoms with Crippen molar-refractivity contribution < 1.29 is 14.3 Å². The summed E-state index contributed by atoms with van der Waals surface area (Å²) in [6, 6.07) is 6.83. The van der Waals surface area contributed by atoms with Gasteiger partial charge in [0.1, 0.15) is 11.8 Å². The van der Waals surface area contributed by atoms with E-state index in [4.69, 9.17) is 4.74 Å². The predicted molar refractivity (Wildman–Crippen MR) is 78.4 cm³/mol. The van der Waals surface area contributed by atoms with Crippen molar-refractivity contribution in [1.82, 2.24) is 10.2 Å². The third-order valence-corrected chi connectivity index (χ3v) is 3.78. The Bertz CT molecular complexity index is 504. The van der Waals surface area contributed by atoms with Crippen LogP contribution in [0.1, 0.15) is 13.8 Å². The first-order valence-electron chi connectivity index (χ1n) is 6.49. The van der Waals surface area contributed by atoms with Gasteiger partial charge < -0.3 is 15.0 Å². The van der Waals surface area contributed by atoms with E-state index in [0.717, 1.165) is 4.47 Å². The van der Waals surface area contributed by atoms with Crippen LogP contribution in [0.5, 0.6) is 5.75 Å². The van der Waals surface area contributed by atoms with Crippen molar-refractivity contribution in [3.05, 3.63) is 28.7 Å². The Morgan fingerprint density at radius 1 is 1.45 bits per heavy atom. The van der Waals surface area contributed by atoms with Gasteiger partial charge in [-0.15, -0.1) is 0 Å².